The molecule has 0 aliphatic carbocycles. The largest absolute Gasteiger partial charge is 0.481 e. The van der Waals surface area contributed by atoms with Crippen LogP contribution in [0.1, 0.15) is 11.3 Å². The number of alkyl halides is 3. The van der Waals surface area contributed by atoms with Crippen molar-refractivity contribution >= 4 is 28.5 Å². The standard InChI is InChI=1S/C23H20F3N5O2/c1-32-22-18(10-15(13-29-22)23(24,25)26)17-11-19(31-6-8-33-9-7-31)30-21-16(17)3-5-28-20(21)14-2-4-27-12-14/h2-5,10-11,13H,6-9,12H2,1H3. The number of pyridine rings is 3. The fraction of sp³-hybridized carbons (Fsp3) is 0.304. The van der Waals surface area contributed by atoms with Crippen LogP contribution in [0.25, 0.3) is 27.6 Å². The van der Waals surface area contributed by atoms with Crippen LogP contribution in [-0.2, 0) is 10.9 Å². The number of aromatic nitrogens is 3. The summed E-state index contributed by atoms with van der Waals surface area (Å²) in [5, 5.41) is 0.657. The van der Waals surface area contributed by atoms with Gasteiger partial charge in [0.2, 0.25) is 5.88 Å². The summed E-state index contributed by atoms with van der Waals surface area (Å²) in [7, 11) is 1.39. The van der Waals surface area contributed by atoms with E-state index >= 15 is 0 Å². The van der Waals surface area contributed by atoms with Gasteiger partial charge in [-0.2, -0.15) is 13.2 Å². The number of hydrogen-bond acceptors (Lipinski definition) is 7. The van der Waals surface area contributed by atoms with Gasteiger partial charge in [0.15, 0.2) is 0 Å². The molecule has 0 radical (unpaired) electrons. The van der Waals surface area contributed by atoms with Gasteiger partial charge in [0.1, 0.15) is 5.82 Å². The molecule has 0 saturated carbocycles. The van der Waals surface area contributed by atoms with Crippen LogP contribution in [0.3, 0.4) is 0 Å². The summed E-state index contributed by atoms with van der Waals surface area (Å²) in [4.78, 5) is 19.6. The number of fused-ring (bicyclic) bond motifs is 1. The zero-order chi connectivity index (χ0) is 23.0. The van der Waals surface area contributed by atoms with Crippen molar-refractivity contribution in [1.29, 1.82) is 0 Å². The minimum atomic E-state index is -4.54. The van der Waals surface area contributed by atoms with Gasteiger partial charge in [-0.1, -0.05) is 0 Å². The van der Waals surface area contributed by atoms with E-state index in [0.717, 1.165) is 17.8 Å². The lowest BCUT2D eigenvalue weighted by molar-refractivity contribution is -0.137. The maximum Gasteiger partial charge on any atom is 0.417 e. The molecule has 7 nitrogen and oxygen atoms in total. The van der Waals surface area contributed by atoms with E-state index < -0.39 is 11.7 Å². The third-order valence-corrected chi connectivity index (χ3v) is 5.66. The molecular formula is C23H20F3N5O2. The molecule has 0 amide bonds. The van der Waals surface area contributed by atoms with Crippen molar-refractivity contribution in [2.75, 3.05) is 44.9 Å². The molecule has 1 fully saturated rings. The van der Waals surface area contributed by atoms with Gasteiger partial charge in [-0.25, -0.2) is 9.97 Å². The zero-order valence-corrected chi connectivity index (χ0v) is 17.8. The number of rotatable bonds is 4. The Bertz CT molecular complexity index is 1270. The molecule has 0 bridgehead atoms. The number of halogens is 3. The third kappa shape index (κ3) is 4.02. The fourth-order valence-corrected chi connectivity index (χ4v) is 4.01. The SMILES string of the molecule is COc1ncc(C(F)(F)F)cc1-c1cc(N2CCOCC2)nc2c(C3=CC=NC3)nccc12. The van der Waals surface area contributed by atoms with Crippen LogP contribution in [0.15, 0.2) is 41.7 Å². The molecule has 5 heterocycles. The van der Waals surface area contributed by atoms with Crippen molar-refractivity contribution in [3.8, 4) is 17.0 Å². The van der Waals surface area contributed by atoms with Gasteiger partial charge in [0, 0.05) is 53.8 Å². The average Bonchev–Trinajstić information content (AvgIpc) is 3.37. The molecular weight excluding hydrogens is 435 g/mol. The number of morpholine rings is 1. The summed E-state index contributed by atoms with van der Waals surface area (Å²) in [6.45, 7) is 2.80. The highest BCUT2D eigenvalue weighted by molar-refractivity contribution is 6.03. The summed E-state index contributed by atoms with van der Waals surface area (Å²) < 4.78 is 51.4. The molecule has 0 spiro atoms. The first-order valence-electron chi connectivity index (χ1n) is 10.4. The monoisotopic (exact) mass is 455 g/mol. The molecule has 2 aliphatic heterocycles. The Morgan fingerprint density at radius 3 is 2.61 bits per heavy atom. The number of allylic oxidation sites excluding steroid dienone is 1. The Morgan fingerprint density at radius 1 is 1.09 bits per heavy atom. The molecule has 170 valence electrons. The first-order chi connectivity index (χ1) is 16.0. The molecule has 10 heteroatoms. The third-order valence-electron chi connectivity index (χ3n) is 5.66. The van der Waals surface area contributed by atoms with Gasteiger partial charge in [-0.3, -0.25) is 9.98 Å². The number of hydrogen-bond donors (Lipinski definition) is 0. The van der Waals surface area contributed by atoms with E-state index in [0.29, 0.717) is 60.8 Å². The van der Waals surface area contributed by atoms with Crippen LogP contribution < -0.4 is 9.64 Å². The van der Waals surface area contributed by atoms with Crippen molar-refractivity contribution in [3.63, 3.8) is 0 Å². The maximum absolute atomic E-state index is 13.5. The van der Waals surface area contributed by atoms with E-state index in [-0.39, 0.29) is 11.4 Å². The van der Waals surface area contributed by atoms with Crippen molar-refractivity contribution in [1.82, 2.24) is 15.0 Å². The first-order valence-corrected chi connectivity index (χ1v) is 10.4. The van der Waals surface area contributed by atoms with E-state index in [1.807, 2.05) is 6.08 Å². The number of nitrogens with zero attached hydrogens (tertiary/aromatic N) is 5. The van der Waals surface area contributed by atoms with Crippen molar-refractivity contribution < 1.29 is 22.6 Å². The zero-order valence-electron chi connectivity index (χ0n) is 17.8. The number of methoxy groups -OCH3 is 1. The quantitative estimate of drug-likeness (QED) is 0.592. The number of aliphatic imine (C=N–C) groups is 1. The van der Waals surface area contributed by atoms with Crippen molar-refractivity contribution in [3.05, 3.63) is 47.9 Å². The Kier molecular flexibility index (Phi) is 5.45. The number of anilines is 1. The predicted molar refractivity (Wildman–Crippen MR) is 119 cm³/mol. The highest BCUT2D eigenvalue weighted by Crippen LogP contribution is 2.40. The maximum atomic E-state index is 13.5. The topological polar surface area (TPSA) is 72.7 Å². The van der Waals surface area contributed by atoms with Gasteiger partial charge in [0.05, 0.1) is 43.6 Å². The lowest BCUT2D eigenvalue weighted by atomic mass is 9.98. The molecule has 3 aromatic rings. The summed E-state index contributed by atoms with van der Waals surface area (Å²) in [6, 6.07) is 4.61. The van der Waals surface area contributed by atoms with Crippen LogP contribution in [0, 0.1) is 0 Å². The first kappa shape index (κ1) is 21.3. The Labute approximate surface area is 187 Å². The van der Waals surface area contributed by atoms with E-state index in [9.17, 15) is 13.2 Å². The summed E-state index contributed by atoms with van der Waals surface area (Å²) >= 11 is 0. The van der Waals surface area contributed by atoms with Crippen LogP contribution in [0.4, 0.5) is 19.0 Å². The van der Waals surface area contributed by atoms with Gasteiger partial charge in [-0.05, 0) is 24.3 Å². The summed E-state index contributed by atoms with van der Waals surface area (Å²) in [6.07, 6.45) is 1.45. The van der Waals surface area contributed by atoms with Crippen LogP contribution in [-0.4, -0.2) is 61.1 Å². The molecule has 0 aromatic carbocycles. The van der Waals surface area contributed by atoms with Crippen LogP contribution >= 0.6 is 0 Å². The molecule has 0 N–H and O–H groups in total. The van der Waals surface area contributed by atoms with Crippen molar-refractivity contribution in [2.24, 2.45) is 4.99 Å². The summed E-state index contributed by atoms with van der Waals surface area (Å²) in [5.41, 5.74) is 2.07. The predicted octanol–water partition coefficient (Wildman–Crippen LogP) is 4.02. The second-order valence-corrected chi connectivity index (χ2v) is 7.64. The van der Waals surface area contributed by atoms with E-state index in [2.05, 4.69) is 19.9 Å². The smallest absolute Gasteiger partial charge is 0.417 e. The lowest BCUT2D eigenvalue weighted by Crippen LogP contribution is -2.36. The van der Waals surface area contributed by atoms with Gasteiger partial charge < -0.3 is 14.4 Å². The second-order valence-electron chi connectivity index (χ2n) is 7.64. The fourth-order valence-electron chi connectivity index (χ4n) is 4.01. The molecule has 0 unspecified atom stereocenters. The van der Waals surface area contributed by atoms with Gasteiger partial charge in [-0.15, -0.1) is 0 Å². The highest BCUT2D eigenvalue weighted by atomic mass is 19.4. The van der Waals surface area contributed by atoms with Crippen LogP contribution in [0.5, 0.6) is 5.88 Å². The van der Waals surface area contributed by atoms with E-state index in [1.54, 1.807) is 24.5 Å². The molecule has 0 atom stereocenters. The number of ether oxygens (including phenoxy) is 2. The van der Waals surface area contributed by atoms with Crippen molar-refractivity contribution in [2.45, 2.75) is 6.18 Å². The summed E-state index contributed by atoms with van der Waals surface area (Å²) in [5.74, 6) is 0.735. The Morgan fingerprint density at radius 2 is 1.91 bits per heavy atom. The average molecular weight is 455 g/mol. The Hall–Kier alpha value is -3.53. The minimum Gasteiger partial charge on any atom is -0.481 e. The normalized spacial score (nSPS) is 16.4. The molecule has 1 saturated heterocycles. The van der Waals surface area contributed by atoms with Crippen LogP contribution in [0.2, 0.25) is 0 Å². The molecule has 2 aliphatic rings. The molecule has 33 heavy (non-hydrogen) atoms. The van der Waals surface area contributed by atoms with Gasteiger partial charge in [0.25, 0.3) is 0 Å². The molecule has 3 aromatic heterocycles. The highest BCUT2D eigenvalue weighted by Gasteiger charge is 2.32. The minimum absolute atomic E-state index is 0.102. The van der Waals surface area contributed by atoms with Gasteiger partial charge >= 0.3 is 6.18 Å². The Balaban J connectivity index is 1.79. The van der Waals surface area contributed by atoms with E-state index in [1.165, 1.54) is 7.11 Å². The second kappa shape index (κ2) is 8.43. The lowest BCUT2D eigenvalue weighted by Gasteiger charge is -2.29. The van der Waals surface area contributed by atoms with E-state index in [4.69, 9.17) is 14.5 Å². The molecule has 5 rings (SSSR count).